The van der Waals surface area contributed by atoms with Crippen molar-refractivity contribution in [2.75, 3.05) is 47.5 Å². The van der Waals surface area contributed by atoms with Crippen molar-refractivity contribution in [3.63, 3.8) is 0 Å². The number of carbonyl (C=O) groups is 3. The number of carboxylic acids is 1. The Bertz CT molecular complexity index is 1700. The van der Waals surface area contributed by atoms with Gasteiger partial charge < -0.3 is 33.3 Å². The van der Waals surface area contributed by atoms with Gasteiger partial charge in [0, 0.05) is 12.8 Å². The van der Waals surface area contributed by atoms with Crippen LogP contribution in [0.4, 0.5) is 0 Å². The summed E-state index contributed by atoms with van der Waals surface area (Å²) in [5, 5.41) is 11.9. The predicted molar refractivity (Wildman–Crippen MR) is 394 cm³/mol. The molecule has 0 aliphatic carbocycles. The summed E-state index contributed by atoms with van der Waals surface area (Å²) in [5.41, 5.74) is 0. The highest BCUT2D eigenvalue weighted by Gasteiger charge is 2.22. The van der Waals surface area contributed by atoms with Crippen LogP contribution in [0.1, 0.15) is 393 Å². The Morgan fingerprint density at radius 1 is 0.337 bits per heavy atom. The van der Waals surface area contributed by atoms with Gasteiger partial charge in [0.1, 0.15) is 13.2 Å². The lowest BCUT2D eigenvalue weighted by Gasteiger charge is -2.26. The van der Waals surface area contributed by atoms with Crippen LogP contribution >= 0.6 is 0 Å². The molecule has 0 N–H and O–H groups in total. The number of nitrogens with zero attached hydrogens (tertiary/aromatic N) is 1. The van der Waals surface area contributed by atoms with Crippen LogP contribution < -0.4 is 5.11 Å². The van der Waals surface area contributed by atoms with E-state index in [1.54, 1.807) is 0 Å². The van der Waals surface area contributed by atoms with Crippen LogP contribution in [-0.2, 0) is 33.3 Å². The van der Waals surface area contributed by atoms with Crippen LogP contribution in [0.15, 0.2) is 60.8 Å². The number of carboxylic acid groups (broad SMARTS) is 1. The Balaban J connectivity index is 3.98. The number of hydrogen-bond donors (Lipinski definition) is 0. The van der Waals surface area contributed by atoms with Crippen molar-refractivity contribution in [2.45, 2.75) is 405 Å². The molecule has 2 unspecified atom stereocenters. The third-order valence-corrected chi connectivity index (χ3v) is 18.0. The number of allylic oxidation sites excluding steroid dienone is 10. The number of rotatable bonds is 75. The molecule has 0 aromatic heterocycles. The first kappa shape index (κ1) is 89.0. The van der Waals surface area contributed by atoms with E-state index in [0.717, 1.165) is 64.2 Å². The largest absolute Gasteiger partial charge is 0.545 e. The maximum Gasteiger partial charge on any atom is 0.306 e. The summed E-state index contributed by atoms with van der Waals surface area (Å²) in [6.45, 7) is 4.70. The summed E-state index contributed by atoms with van der Waals surface area (Å²) in [6.07, 6.45) is 94.9. The number of hydrogen-bond acceptors (Lipinski definition) is 8. The molecule has 0 spiro atoms. The summed E-state index contributed by atoms with van der Waals surface area (Å²) in [7, 11) is 5.95. The zero-order chi connectivity index (χ0) is 66.8. The van der Waals surface area contributed by atoms with Gasteiger partial charge in [-0.3, -0.25) is 9.59 Å². The summed E-state index contributed by atoms with van der Waals surface area (Å²) in [4.78, 5) is 37.6. The van der Waals surface area contributed by atoms with Gasteiger partial charge in [-0.1, -0.05) is 383 Å². The van der Waals surface area contributed by atoms with E-state index in [0.29, 0.717) is 23.9 Å². The van der Waals surface area contributed by atoms with Crippen LogP contribution in [0.5, 0.6) is 0 Å². The van der Waals surface area contributed by atoms with E-state index in [2.05, 4.69) is 74.6 Å². The summed E-state index contributed by atoms with van der Waals surface area (Å²) in [5.74, 6) is -2.26. The van der Waals surface area contributed by atoms with E-state index in [1.165, 1.54) is 295 Å². The van der Waals surface area contributed by atoms with Crippen molar-refractivity contribution < 1.29 is 42.9 Å². The maximum atomic E-state index is 13.0. The smallest absolute Gasteiger partial charge is 0.306 e. The van der Waals surface area contributed by atoms with E-state index >= 15 is 0 Å². The molecule has 0 heterocycles. The number of unbranched alkanes of at least 4 members (excludes halogenated alkanes) is 50. The van der Waals surface area contributed by atoms with Gasteiger partial charge in [-0.05, 0) is 57.8 Å². The number of esters is 2. The van der Waals surface area contributed by atoms with Crippen LogP contribution in [0.3, 0.4) is 0 Å². The van der Waals surface area contributed by atoms with E-state index in [-0.39, 0.29) is 32.2 Å². The van der Waals surface area contributed by atoms with Crippen molar-refractivity contribution in [2.24, 2.45) is 0 Å². The SMILES string of the molecule is CC/C=C\C/C=C\C/C=C\C/C=C\C/C=C\CCCCCCCCCCCCCCCCCC(=O)OC(COC(=O)CCCCCCCCCCCCCCCCCCCCCCCCCCCCCCCCCCCCCC)COC(OCC[N+](C)(C)C)C(=O)[O-]. The molecule has 9 heteroatoms. The standard InChI is InChI=1S/C83H153NO8/c1-6-8-10-12-14-16-18-20-22-24-26-28-30-32-34-36-38-39-40-41-42-44-45-47-49-51-53-55-57-59-61-63-65-67-69-71-73-80(85)90-77-79(78-91-83(82(87)88)89-76-75-84(3,4)5)92-81(86)74-72-70-68-66-64-62-60-58-56-54-52-50-48-46-43-37-35-33-31-29-27-25-23-21-19-17-15-13-11-9-7-2/h9,11,15,17,21,23,27,29,33,35,79,83H,6-8,10,12-14,16,18-20,22,24-26,28,30-32,34,36-78H2,1-5H3/b11-9-,17-15-,23-21-,29-27-,35-33-. The first-order valence-electron chi connectivity index (χ1n) is 39.9. The molecule has 0 aliphatic rings. The molecule has 0 fully saturated rings. The molecule has 0 amide bonds. The van der Waals surface area contributed by atoms with Crippen LogP contribution in [0, 0.1) is 0 Å². The predicted octanol–water partition coefficient (Wildman–Crippen LogP) is 24.1. The van der Waals surface area contributed by atoms with E-state index in [4.69, 9.17) is 18.9 Å². The second kappa shape index (κ2) is 73.8. The van der Waals surface area contributed by atoms with Gasteiger partial charge in [0.2, 0.25) is 0 Å². The molecule has 0 rings (SSSR count). The average Bonchev–Trinajstić information content (AvgIpc) is 3.70. The highest BCUT2D eigenvalue weighted by Crippen LogP contribution is 2.20. The maximum absolute atomic E-state index is 13.0. The molecule has 2 atom stereocenters. The lowest BCUT2D eigenvalue weighted by molar-refractivity contribution is -0.870. The van der Waals surface area contributed by atoms with Gasteiger partial charge in [0.25, 0.3) is 0 Å². The highest BCUT2D eigenvalue weighted by molar-refractivity contribution is 5.70. The minimum Gasteiger partial charge on any atom is -0.545 e. The van der Waals surface area contributed by atoms with Gasteiger partial charge in [-0.25, -0.2) is 0 Å². The molecule has 0 saturated heterocycles. The second-order valence-electron chi connectivity index (χ2n) is 28.3. The fourth-order valence-electron chi connectivity index (χ4n) is 12.0. The fourth-order valence-corrected chi connectivity index (χ4v) is 12.0. The zero-order valence-corrected chi connectivity index (χ0v) is 61.7. The Morgan fingerprint density at radius 3 is 0.924 bits per heavy atom. The number of aliphatic carboxylic acids is 1. The lowest BCUT2D eigenvalue weighted by atomic mass is 10.0. The molecule has 0 aliphatic heterocycles. The molecule has 0 aromatic rings. The van der Waals surface area contributed by atoms with Gasteiger partial charge in [-0.15, -0.1) is 0 Å². The summed E-state index contributed by atoms with van der Waals surface area (Å²) < 4.78 is 22.9. The monoisotopic (exact) mass is 1290 g/mol. The van der Waals surface area contributed by atoms with Gasteiger partial charge in [0.05, 0.1) is 40.3 Å². The van der Waals surface area contributed by atoms with Crippen molar-refractivity contribution >= 4 is 17.9 Å². The van der Waals surface area contributed by atoms with Crippen LogP contribution in [0.2, 0.25) is 0 Å². The highest BCUT2D eigenvalue weighted by atomic mass is 16.7. The third kappa shape index (κ3) is 74.4. The van der Waals surface area contributed by atoms with Gasteiger partial charge in [0.15, 0.2) is 12.4 Å². The number of quaternary nitrogens is 1. The van der Waals surface area contributed by atoms with Crippen molar-refractivity contribution in [3.05, 3.63) is 60.8 Å². The van der Waals surface area contributed by atoms with Crippen LogP contribution in [-0.4, -0.2) is 82.3 Å². The van der Waals surface area contributed by atoms with E-state index in [9.17, 15) is 19.5 Å². The van der Waals surface area contributed by atoms with Crippen molar-refractivity contribution in [1.29, 1.82) is 0 Å². The fraction of sp³-hybridized carbons (Fsp3) is 0.843. The molecule has 0 radical (unpaired) electrons. The Hall–Kier alpha value is -3.01. The topological polar surface area (TPSA) is 111 Å². The van der Waals surface area contributed by atoms with Gasteiger partial charge in [-0.2, -0.15) is 0 Å². The normalized spacial score (nSPS) is 12.9. The third-order valence-electron chi connectivity index (χ3n) is 18.0. The zero-order valence-electron chi connectivity index (χ0n) is 61.7. The Kier molecular flexibility index (Phi) is 71.4. The van der Waals surface area contributed by atoms with Gasteiger partial charge >= 0.3 is 11.9 Å². The molecule has 0 bridgehead atoms. The molecular weight excluding hydrogens is 1140 g/mol. The molecule has 0 aromatic carbocycles. The first-order valence-corrected chi connectivity index (χ1v) is 39.9. The molecule has 0 saturated carbocycles. The Morgan fingerprint density at radius 2 is 0.620 bits per heavy atom. The first-order chi connectivity index (χ1) is 45.1. The van der Waals surface area contributed by atoms with Crippen molar-refractivity contribution in [1.82, 2.24) is 0 Å². The molecule has 538 valence electrons. The summed E-state index contributed by atoms with van der Waals surface area (Å²) in [6, 6.07) is 0. The number of carbonyl (C=O) groups excluding carboxylic acids is 3. The average molecular weight is 1290 g/mol. The van der Waals surface area contributed by atoms with E-state index in [1.807, 2.05) is 21.1 Å². The minimum absolute atomic E-state index is 0.149. The minimum atomic E-state index is -1.62. The Labute approximate surface area is 571 Å². The molecule has 9 nitrogen and oxygen atoms in total. The lowest BCUT2D eigenvalue weighted by Crippen LogP contribution is -2.44. The molecule has 92 heavy (non-hydrogen) atoms. The molecular formula is C83H153NO8. The second-order valence-corrected chi connectivity index (χ2v) is 28.3. The number of likely N-dealkylation sites (N-methyl/N-ethyl adjacent to an activating group) is 1. The van der Waals surface area contributed by atoms with Crippen LogP contribution in [0.25, 0.3) is 0 Å². The van der Waals surface area contributed by atoms with E-state index < -0.39 is 24.3 Å². The van der Waals surface area contributed by atoms with Crippen molar-refractivity contribution in [3.8, 4) is 0 Å². The number of ether oxygens (including phenoxy) is 4. The quantitative estimate of drug-likeness (QED) is 0.0195. The summed E-state index contributed by atoms with van der Waals surface area (Å²) >= 11 is 0.